The number of hydrogen-bond donors (Lipinski definition) is 2. The highest BCUT2D eigenvalue weighted by atomic mass is 16.5. The lowest BCUT2D eigenvalue weighted by Gasteiger charge is -2.14. The van der Waals surface area contributed by atoms with Gasteiger partial charge in [-0.1, -0.05) is 72.8 Å². The first-order valence-corrected chi connectivity index (χ1v) is 10.4. The molecule has 0 saturated carbocycles. The predicted octanol–water partition coefficient (Wildman–Crippen LogP) is 5.34. The smallest absolute Gasteiger partial charge is 0.407 e. The molecule has 158 valence electrons. The quantitative estimate of drug-likeness (QED) is 0.546. The van der Waals surface area contributed by atoms with E-state index >= 15 is 0 Å². The zero-order valence-electron chi connectivity index (χ0n) is 17.4. The zero-order chi connectivity index (χ0) is 21.6. The van der Waals surface area contributed by atoms with Crippen molar-refractivity contribution in [3.63, 3.8) is 0 Å². The molecular weight excluding hydrogens is 390 g/mol. The Morgan fingerprint density at radius 3 is 2.35 bits per heavy atom. The van der Waals surface area contributed by atoms with Crippen molar-refractivity contribution in [2.45, 2.75) is 12.8 Å². The number of carbonyl (C=O) groups is 1. The van der Waals surface area contributed by atoms with Gasteiger partial charge in [0.25, 0.3) is 0 Å². The number of phenolic OH excluding ortho intramolecular Hbond substituents is 1. The van der Waals surface area contributed by atoms with Crippen molar-refractivity contribution in [1.29, 1.82) is 0 Å². The van der Waals surface area contributed by atoms with Gasteiger partial charge in [0.15, 0.2) is 11.5 Å². The Kier molecular flexibility index (Phi) is 6.22. The molecular formula is C26H25NO4. The van der Waals surface area contributed by atoms with E-state index in [1.165, 1.54) is 22.3 Å². The van der Waals surface area contributed by atoms with E-state index in [4.69, 9.17) is 9.47 Å². The Morgan fingerprint density at radius 1 is 1.00 bits per heavy atom. The molecule has 0 aliphatic heterocycles. The average Bonchev–Trinajstić information content (AvgIpc) is 3.11. The van der Waals surface area contributed by atoms with E-state index in [1.807, 2.05) is 37.3 Å². The number of nitrogens with one attached hydrogen (secondary N) is 1. The second-order valence-electron chi connectivity index (χ2n) is 7.24. The van der Waals surface area contributed by atoms with Gasteiger partial charge in [0.05, 0.1) is 6.61 Å². The largest absolute Gasteiger partial charge is 0.504 e. The molecule has 0 bridgehead atoms. The molecule has 1 amide bonds. The Bertz CT molecular complexity index is 1060. The first-order valence-electron chi connectivity index (χ1n) is 10.4. The van der Waals surface area contributed by atoms with Gasteiger partial charge in [0.1, 0.15) is 6.61 Å². The SMILES string of the molecule is CCOc1cccc(C=CCNC(=O)OCC2c3ccccc3-c3ccccc32)c1O. The minimum absolute atomic E-state index is 0.0342. The summed E-state index contributed by atoms with van der Waals surface area (Å²) in [4.78, 5) is 12.2. The third-order valence-corrected chi connectivity index (χ3v) is 5.34. The number of carbonyl (C=O) groups excluding carboxylic acids is 1. The van der Waals surface area contributed by atoms with Crippen molar-refractivity contribution >= 4 is 12.2 Å². The highest BCUT2D eigenvalue weighted by Gasteiger charge is 2.28. The number of hydrogen-bond acceptors (Lipinski definition) is 4. The molecule has 1 aliphatic carbocycles. The summed E-state index contributed by atoms with van der Waals surface area (Å²) in [7, 11) is 0. The molecule has 31 heavy (non-hydrogen) atoms. The summed E-state index contributed by atoms with van der Waals surface area (Å²) < 4.78 is 10.9. The lowest BCUT2D eigenvalue weighted by Crippen LogP contribution is -2.26. The van der Waals surface area contributed by atoms with E-state index < -0.39 is 6.09 Å². The first kappa shape index (κ1) is 20.5. The molecule has 1 aliphatic rings. The summed E-state index contributed by atoms with van der Waals surface area (Å²) in [6.07, 6.45) is 3.02. The van der Waals surface area contributed by atoms with Crippen LogP contribution in [-0.4, -0.2) is 31.0 Å². The maximum atomic E-state index is 12.2. The van der Waals surface area contributed by atoms with Crippen molar-refractivity contribution in [2.24, 2.45) is 0 Å². The Balaban J connectivity index is 1.33. The summed E-state index contributed by atoms with van der Waals surface area (Å²) in [5, 5.41) is 12.9. The molecule has 4 rings (SSSR count). The summed E-state index contributed by atoms with van der Waals surface area (Å²) in [5.41, 5.74) is 5.38. The number of benzene rings is 3. The summed E-state index contributed by atoms with van der Waals surface area (Å²) in [6.45, 7) is 2.90. The number of ether oxygens (including phenoxy) is 2. The monoisotopic (exact) mass is 415 g/mol. The van der Waals surface area contributed by atoms with Crippen molar-refractivity contribution in [3.05, 3.63) is 89.5 Å². The maximum Gasteiger partial charge on any atom is 0.407 e. The number of phenols is 1. The van der Waals surface area contributed by atoms with Crippen LogP contribution in [0.2, 0.25) is 0 Å². The molecule has 0 spiro atoms. The topological polar surface area (TPSA) is 67.8 Å². The van der Waals surface area contributed by atoms with Crippen molar-refractivity contribution in [2.75, 3.05) is 19.8 Å². The second kappa shape index (κ2) is 9.39. The van der Waals surface area contributed by atoms with Crippen LogP contribution in [0.15, 0.2) is 72.8 Å². The molecule has 0 aromatic heterocycles. The molecule has 2 N–H and O–H groups in total. The van der Waals surface area contributed by atoms with Crippen molar-refractivity contribution < 1.29 is 19.4 Å². The van der Waals surface area contributed by atoms with Crippen LogP contribution in [0.5, 0.6) is 11.5 Å². The van der Waals surface area contributed by atoms with Crippen LogP contribution in [0.4, 0.5) is 4.79 Å². The molecule has 5 heteroatoms. The number of fused-ring (bicyclic) bond motifs is 3. The van der Waals surface area contributed by atoms with Gasteiger partial charge in [-0.2, -0.15) is 0 Å². The molecule has 5 nitrogen and oxygen atoms in total. The fraction of sp³-hybridized carbons (Fsp3) is 0.192. The summed E-state index contributed by atoms with van der Waals surface area (Å²) in [6, 6.07) is 21.8. The highest BCUT2D eigenvalue weighted by molar-refractivity contribution is 5.79. The molecule has 0 saturated heterocycles. The minimum atomic E-state index is -0.473. The van der Waals surface area contributed by atoms with Gasteiger partial charge in [-0.15, -0.1) is 0 Å². The minimum Gasteiger partial charge on any atom is -0.504 e. The summed E-state index contributed by atoms with van der Waals surface area (Å²) in [5.74, 6) is 0.558. The van der Waals surface area contributed by atoms with Crippen LogP contribution >= 0.6 is 0 Å². The van der Waals surface area contributed by atoms with E-state index in [-0.39, 0.29) is 24.8 Å². The van der Waals surface area contributed by atoms with Gasteiger partial charge < -0.3 is 19.9 Å². The van der Waals surface area contributed by atoms with Crippen LogP contribution in [0.3, 0.4) is 0 Å². The standard InChI is InChI=1S/C26H25NO4/c1-2-30-24-15-7-9-18(25(24)28)10-8-16-27-26(29)31-17-23-21-13-5-3-11-19(21)20-12-4-6-14-22(20)23/h3-15,23,28H,2,16-17H2,1H3,(H,27,29). The second-order valence-corrected chi connectivity index (χ2v) is 7.24. The van der Waals surface area contributed by atoms with Crippen LogP contribution < -0.4 is 10.1 Å². The van der Waals surface area contributed by atoms with Crippen LogP contribution in [0.1, 0.15) is 29.5 Å². The number of rotatable bonds is 7. The zero-order valence-corrected chi connectivity index (χ0v) is 17.4. The number of amides is 1. The van der Waals surface area contributed by atoms with Crippen LogP contribution in [-0.2, 0) is 4.74 Å². The van der Waals surface area contributed by atoms with E-state index in [0.29, 0.717) is 17.9 Å². The van der Waals surface area contributed by atoms with E-state index in [0.717, 1.165) is 0 Å². The van der Waals surface area contributed by atoms with Gasteiger partial charge >= 0.3 is 6.09 Å². The number of alkyl carbamates (subject to hydrolysis) is 1. The Morgan fingerprint density at radius 2 is 1.68 bits per heavy atom. The third kappa shape index (κ3) is 4.40. The maximum absolute atomic E-state index is 12.2. The van der Waals surface area contributed by atoms with Crippen LogP contribution in [0.25, 0.3) is 17.2 Å². The Labute approximate surface area is 182 Å². The molecule has 0 fully saturated rings. The molecule has 0 radical (unpaired) electrons. The normalized spacial score (nSPS) is 12.4. The number of aromatic hydroxyl groups is 1. The molecule has 0 atom stereocenters. The fourth-order valence-corrected chi connectivity index (χ4v) is 3.92. The van der Waals surface area contributed by atoms with E-state index in [9.17, 15) is 9.90 Å². The van der Waals surface area contributed by atoms with Crippen molar-refractivity contribution in [3.8, 4) is 22.6 Å². The van der Waals surface area contributed by atoms with E-state index in [2.05, 4.69) is 29.6 Å². The van der Waals surface area contributed by atoms with Gasteiger partial charge in [0, 0.05) is 18.0 Å². The lowest BCUT2D eigenvalue weighted by molar-refractivity contribution is 0.144. The Hall–Kier alpha value is -3.73. The predicted molar refractivity (Wildman–Crippen MR) is 121 cm³/mol. The van der Waals surface area contributed by atoms with Gasteiger partial charge in [0.2, 0.25) is 0 Å². The molecule has 3 aromatic rings. The third-order valence-electron chi connectivity index (χ3n) is 5.34. The van der Waals surface area contributed by atoms with Crippen molar-refractivity contribution in [1.82, 2.24) is 5.32 Å². The molecule has 3 aromatic carbocycles. The lowest BCUT2D eigenvalue weighted by atomic mass is 9.98. The van der Waals surface area contributed by atoms with Crippen LogP contribution in [0, 0.1) is 0 Å². The van der Waals surface area contributed by atoms with E-state index in [1.54, 1.807) is 24.3 Å². The first-order chi connectivity index (χ1) is 15.2. The molecule has 0 unspecified atom stereocenters. The van der Waals surface area contributed by atoms with Gasteiger partial charge in [-0.25, -0.2) is 4.79 Å². The molecule has 0 heterocycles. The van der Waals surface area contributed by atoms with Gasteiger partial charge in [-0.05, 0) is 35.2 Å². The highest BCUT2D eigenvalue weighted by Crippen LogP contribution is 2.44. The number of para-hydroxylation sites is 1. The average molecular weight is 415 g/mol. The van der Waals surface area contributed by atoms with Gasteiger partial charge in [-0.3, -0.25) is 0 Å². The fourth-order valence-electron chi connectivity index (χ4n) is 3.92. The summed E-state index contributed by atoms with van der Waals surface area (Å²) >= 11 is 0.